The van der Waals surface area contributed by atoms with Gasteiger partial charge >= 0.3 is 5.97 Å². The predicted molar refractivity (Wildman–Crippen MR) is 63.2 cm³/mol. The molecule has 0 aromatic heterocycles. The molecular formula is C14H12O3. The van der Waals surface area contributed by atoms with Crippen molar-refractivity contribution < 1.29 is 14.3 Å². The highest BCUT2D eigenvalue weighted by Crippen LogP contribution is 2.45. The van der Waals surface area contributed by atoms with Crippen molar-refractivity contribution in [1.82, 2.24) is 0 Å². The van der Waals surface area contributed by atoms with Crippen LogP contribution >= 0.6 is 0 Å². The second-order valence-corrected chi connectivity index (χ2v) is 4.11. The standard InChI is InChI=1S/C14H12O3/c1-16-14(15)7-3-9-2-4-10-11(8-9)13-6-5-12(10)17-13/h2-8,12-13H,1H3/b7-3+. The van der Waals surface area contributed by atoms with Gasteiger partial charge in [0.15, 0.2) is 0 Å². The number of esters is 1. The van der Waals surface area contributed by atoms with Crippen molar-refractivity contribution >= 4 is 12.0 Å². The number of rotatable bonds is 2. The predicted octanol–water partition coefficient (Wildman–Crippen LogP) is 2.56. The third-order valence-corrected chi connectivity index (χ3v) is 3.09. The molecule has 1 aromatic rings. The van der Waals surface area contributed by atoms with Crippen molar-refractivity contribution in [3.8, 4) is 0 Å². The number of ether oxygens (including phenoxy) is 2. The molecule has 0 amide bonds. The Labute approximate surface area is 99.3 Å². The van der Waals surface area contributed by atoms with Gasteiger partial charge in [-0.1, -0.05) is 24.3 Å². The Bertz CT molecular complexity index is 528. The van der Waals surface area contributed by atoms with Crippen LogP contribution in [0.1, 0.15) is 28.9 Å². The van der Waals surface area contributed by atoms with Gasteiger partial charge in [-0.3, -0.25) is 0 Å². The molecule has 2 aliphatic rings. The Morgan fingerprint density at radius 2 is 2.06 bits per heavy atom. The van der Waals surface area contributed by atoms with Gasteiger partial charge in [-0.2, -0.15) is 0 Å². The fraction of sp³-hybridized carbons (Fsp3) is 0.214. The summed E-state index contributed by atoms with van der Waals surface area (Å²) in [5, 5.41) is 0. The van der Waals surface area contributed by atoms with E-state index in [-0.39, 0.29) is 18.2 Å². The summed E-state index contributed by atoms with van der Waals surface area (Å²) in [5.41, 5.74) is 3.41. The quantitative estimate of drug-likeness (QED) is 0.443. The highest BCUT2D eigenvalue weighted by molar-refractivity contribution is 5.87. The lowest BCUT2D eigenvalue weighted by Crippen LogP contribution is -1.95. The van der Waals surface area contributed by atoms with Crippen LogP contribution in [-0.2, 0) is 14.3 Å². The summed E-state index contributed by atoms with van der Waals surface area (Å²) < 4.78 is 10.3. The Morgan fingerprint density at radius 3 is 2.82 bits per heavy atom. The molecule has 2 unspecified atom stereocenters. The van der Waals surface area contributed by atoms with Gasteiger partial charge in [0.1, 0.15) is 12.2 Å². The summed E-state index contributed by atoms with van der Waals surface area (Å²) >= 11 is 0. The summed E-state index contributed by atoms with van der Waals surface area (Å²) in [4.78, 5) is 11.0. The molecule has 0 N–H and O–H groups in total. The highest BCUT2D eigenvalue weighted by Gasteiger charge is 2.33. The zero-order chi connectivity index (χ0) is 11.8. The van der Waals surface area contributed by atoms with E-state index in [2.05, 4.69) is 29.0 Å². The van der Waals surface area contributed by atoms with E-state index in [4.69, 9.17) is 4.74 Å². The van der Waals surface area contributed by atoms with E-state index in [0.717, 1.165) is 5.56 Å². The molecular weight excluding hydrogens is 216 g/mol. The summed E-state index contributed by atoms with van der Waals surface area (Å²) in [6.07, 6.45) is 7.53. The monoisotopic (exact) mass is 228 g/mol. The molecule has 2 heterocycles. The number of hydrogen-bond acceptors (Lipinski definition) is 3. The minimum atomic E-state index is -0.344. The smallest absolute Gasteiger partial charge is 0.330 e. The molecule has 0 saturated carbocycles. The number of carbonyl (C=O) groups excluding carboxylic acids is 1. The Balaban J connectivity index is 1.89. The number of methoxy groups -OCH3 is 1. The molecule has 3 heteroatoms. The Kier molecular flexibility index (Phi) is 2.34. The van der Waals surface area contributed by atoms with Gasteiger partial charge in [-0.25, -0.2) is 4.79 Å². The molecule has 2 bridgehead atoms. The van der Waals surface area contributed by atoms with E-state index in [9.17, 15) is 4.79 Å². The van der Waals surface area contributed by atoms with Gasteiger partial charge in [0, 0.05) is 6.08 Å². The van der Waals surface area contributed by atoms with E-state index in [1.807, 2.05) is 6.07 Å². The van der Waals surface area contributed by atoms with Crippen LogP contribution in [0.3, 0.4) is 0 Å². The highest BCUT2D eigenvalue weighted by atomic mass is 16.5. The van der Waals surface area contributed by atoms with Gasteiger partial charge in [0.2, 0.25) is 0 Å². The van der Waals surface area contributed by atoms with Crippen LogP contribution in [0.5, 0.6) is 0 Å². The Morgan fingerprint density at radius 1 is 1.29 bits per heavy atom. The first-order valence-electron chi connectivity index (χ1n) is 5.51. The maximum atomic E-state index is 11.0. The van der Waals surface area contributed by atoms with Crippen molar-refractivity contribution in [3.63, 3.8) is 0 Å². The first kappa shape index (κ1) is 10.3. The fourth-order valence-corrected chi connectivity index (χ4v) is 2.24. The molecule has 0 spiro atoms. The van der Waals surface area contributed by atoms with Gasteiger partial charge < -0.3 is 9.47 Å². The number of benzene rings is 1. The van der Waals surface area contributed by atoms with Gasteiger partial charge in [-0.05, 0) is 28.8 Å². The molecule has 0 fully saturated rings. The Hall–Kier alpha value is -1.87. The van der Waals surface area contributed by atoms with Crippen molar-refractivity contribution in [2.45, 2.75) is 12.2 Å². The maximum absolute atomic E-state index is 11.0. The van der Waals surface area contributed by atoms with E-state index >= 15 is 0 Å². The minimum Gasteiger partial charge on any atom is -0.466 e. The molecule has 2 atom stereocenters. The third kappa shape index (κ3) is 1.68. The molecule has 17 heavy (non-hydrogen) atoms. The fourth-order valence-electron chi connectivity index (χ4n) is 2.24. The largest absolute Gasteiger partial charge is 0.466 e. The van der Waals surface area contributed by atoms with Crippen LogP contribution in [0, 0.1) is 0 Å². The lowest BCUT2D eigenvalue weighted by molar-refractivity contribution is -0.134. The van der Waals surface area contributed by atoms with Gasteiger partial charge in [-0.15, -0.1) is 0 Å². The minimum absolute atomic E-state index is 0.0847. The zero-order valence-electron chi connectivity index (χ0n) is 9.42. The maximum Gasteiger partial charge on any atom is 0.330 e. The van der Waals surface area contributed by atoms with Crippen molar-refractivity contribution in [2.75, 3.05) is 7.11 Å². The van der Waals surface area contributed by atoms with Crippen LogP contribution in [0.15, 0.2) is 36.4 Å². The lowest BCUT2D eigenvalue weighted by Gasteiger charge is -2.07. The van der Waals surface area contributed by atoms with Crippen molar-refractivity contribution in [2.24, 2.45) is 0 Å². The van der Waals surface area contributed by atoms with Crippen LogP contribution in [-0.4, -0.2) is 13.1 Å². The number of hydrogen-bond donors (Lipinski definition) is 0. The van der Waals surface area contributed by atoms with Crippen molar-refractivity contribution in [1.29, 1.82) is 0 Å². The summed E-state index contributed by atoms with van der Waals surface area (Å²) in [6.45, 7) is 0. The van der Waals surface area contributed by atoms with E-state index in [1.54, 1.807) is 6.08 Å². The molecule has 0 saturated heterocycles. The van der Waals surface area contributed by atoms with Crippen LogP contribution in [0.4, 0.5) is 0 Å². The van der Waals surface area contributed by atoms with Crippen LogP contribution < -0.4 is 0 Å². The molecule has 2 aliphatic heterocycles. The second kappa shape index (κ2) is 3.86. The third-order valence-electron chi connectivity index (χ3n) is 3.09. The van der Waals surface area contributed by atoms with Gasteiger partial charge in [0.05, 0.1) is 7.11 Å². The van der Waals surface area contributed by atoms with E-state index in [1.165, 1.54) is 24.3 Å². The SMILES string of the molecule is COC(=O)/C=C/c1ccc2c(c1)C1C=CC2O1. The topological polar surface area (TPSA) is 35.5 Å². The van der Waals surface area contributed by atoms with Crippen LogP contribution in [0.25, 0.3) is 6.08 Å². The molecule has 0 aliphatic carbocycles. The van der Waals surface area contributed by atoms with Crippen LogP contribution in [0.2, 0.25) is 0 Å². The molecule has 0 radical (unpaired) electrons. The second-order valence-electron chi connectivity index (χ2n) is 4.11. The average molecular weight is 228 g/mol. The first-order chi connectivity index (χ1) is 8.28. The normalized spacial score (nSPS) is 24.3. The summed E-state index contributed by atoms with van der Waals surface area (Å²) in [6, 6.07) is 6.10. The molecule has 1 aromatic carbocycles. The van der Waals surface area contributed by atoms with Crippen molar-refractivity contribution in [3.05, 3.63) is 53.1 Å². The first-order valence-corrected chi connectivity index (χ1v) is 5.51. The molecule has 86 valence electrons. The van der Waals surface area contributed by atoms with E-state index in [0.29, 0.717) is 0 Å². The molecule has 3 rings (SSSR count). The van der Waals surface area contributed by atoms with E-state index < -0.39 is 0 Å². The number of carbonyl (C=O) groups is 1. The lowest BCUT2D eigenvalue weighted by atomic mass is 9.95. The zero-order valence-corrected chi connectivity index (χ0v) is 9.42. The number of fused-ring (bicyclic) bond motifs is 5. The summed E-state index contributed by atoms with van der Waals surface area (Å²) in [5.74, 6) is -0.344. The van der Waals surface area contributed by atoms with Gasteiger partial charge in [0.25, 0.3) is 0 Å². The molecule has 3 nitrogen and oxygen atoms in total. The average Bonchev–Trinajstić information content (AvgIpc) is 2.97. The summed E-state index contributed by atoms with van der Waals surface area (Å²) in [7, 11) is 1.37.